The van der Waals surface area contributed by atoms with Crippen molar-refractivity contribution in [2.24, 2.45) is 0 Å². The molecule has 0 amide bonds. The summed E-state index contributed by atoms with van der Waals surface area (Å²) < 4.78 is 11.4. The van der Waals surface area contributed by atoms with E-state index in [4.69, 9.17) is 9.15 Å². The fourth-order valence-electron chi connectivity index (χ4n) is 4.16. The Bertz CT molecular complexity index is 1030. The smallest absolute Gasteiger partial charge is 0.373 e. The molecule has 1 aromatic heterocycles. The van der Waals surface area contributed by atoms with Gasteiger partial charge in [0.15, 0.2) is 0 Å². The summed E-state index contributed by atoms with van der Waals surface area (Å²) in [5.41, 5.74) is 2.21. The standard InChI is InChI=1S/C26H31N3O4/c1-19-7-5-14-29(19)15-6-16-32-22-12-10-21(11-13-22)25-28-23(24(33-25)26(30)31)18-27-17-20-8-3-2-4-9-20/h2-4,8-13,19,27H,5-7,14-18H2,1H3,(H,30,31). The highest BCUT2D eigenvalue weighted by Gasteiger charge is 2.21. The van der Waals surface area contributed by atoms with Crippen molar-refractivity contribution in [3.05, 3.63) is 71.6 Å². The second-order valence-corrected chi connectivity index (χ2v) is 8.44. The van der Waals surface area contributed by atoms with E-state index in [0.717, 1.165) is 24.3 Å². The van der Waals surface area contributed by atoms with E-state index in [0.29, 0.717) is 42.9 Å². The number of carbonyl (C=O) groups is 1. The highest BCUT2D eigenvalue weighted by atomic mass is 16.5. The Labute approximate surface area is 194 Å². The first-order valence-electron chi connectivity index (χ1n) is 11.5. The number of hydrogen-bond acceptors (Lipinski definition) is 6. The summed E-state index contributed by atoms with van der Waals surface area (Å²) in [5.74, 6) is -0.193. The fourth-order valence-corrected chi connectivity index (χ4v) is 4.16. The molecule has 0 radical (unpaired) electrons. The number of aromatic nitrogens is 1. The van der Waals surface area contributed by atoms with E-state index in [9.17, 15) is 9.90 Å². The molecule has 2 aromatic carbocycles. The number of carboxylic acid groups (broad SMARTS) is 1. The number of oxazole rings is 1. The second kappa shape index (κ2) is 11.1. The molecule has 174 valence electrons. The molecule has 2 heterocycles. The first kappa shape index (κ1) is 23.0. The van der Waals surface area contributed by atoms with E-state index >= 15 is 0 Å². The first-order chi connectivity index (χ1) is 16.1. The number of hydrogen-bond donors (Lipinski definition) is 2. The minimum Gasteiger partial charge on any atom is -0.494 e. The number of nitrogens with one attached hydrogen (secondary N) is 1. The summed E-state index contributed by atoms with van der Waals surface area (Å²) >= 11 is 0. The van der Waals surface area contributed by atoms with Gasteiger partial charge in [0.05, 0.1) is 6.61 Å². The van der Waals surface area contributed by atoms with E-state index in [1.807, 2.05) is 54.6 Å². The van der Waals surface area contributed by atoms with Crippen LogP contribution in [0.1, 0.15) is 48.0 Å². The number of carboxylic acids is 1. The number of ether oxygens (including phenoxy) is 1. The van der Waals surface area contributed by atoms with Crippen LogP contribution < -0.4 is 10.1 Å². The molecule has 2 N–H and O–H groups in total. The molecular weight excluding hydrogens is 418 g/mol. The van der Waals surface area contributed by atoms with Crippen LogP contribution in [0.3, 0.4) is 0 Å². The fraction of sp³-hybridized carbons (Fsp3) is 0.385. The van der Waals surface area contributed by atoms with Gasteiger partial charge in [-0.3, -0.25) is 0 Å². The quantitative estimate of drug-likeness (QED) is 0.414. The van der Waals surface area contributed by atoms with Crippen molar-refractivity contribution < 1.29 is 19.1 Å². The third-order valence-electron chi connectivity index (χ3n) is 6.01. The Morgan fingerprint density at radius 1 is 1.18 bits per heavy atom. The lowest BCUT2D eigenvalue weighted by molar-refractivity contribution is 0.0661. The maximum Gasteiger partial charge on any atom is 0.373 e. The van der Waals surface area contributed by atoms with Gasteiger partial charge in [0, 0.05) is 31.2 Å². The lowest BCUT2D eigenvalue weighted by atomic mass is 10.2. The summed E-state index contributed by atoms with van der Waals surface area (Å²) in [5, 5.41) is 12.7. The van der Waals surface area contributed by atoms with E-state index in [1.54, 1.807) is 0 Å². The predicted molar refractivity (Wildman–Crippen MR) is 126 cm³/mol. The van der Waals surface area contributed by atoms with Crippen molar-refractivity contribution in [2.75, 3.05) is 19.7 Å². The zero-order valence-corrected chi connectivity index (χ0v) is 19.0. The molecule has 0 spiro atoms. The largest absolute Gasteiger partial charge is 0.494 e. The van der Waals surface area contributed by atoms with Crippen LogP contribution in [0.15, 0.2) is 59.0 Å². The van der Waals surface area contributed by atoms with Crippen molar-refractivity contribution in [3.8, 4) is 17.2 Å². The highest BCUT2D eigenvalue weighted by molar-refractivity contribution is 5.86. The number of likely N-dealkylation sites (tertiary alicyclic amines) is 1. The summed E-state index contributed by atoms with van der Waals surface area (Å²) in [6.45, 7) is 6.13. The van der Waals surface area contributed by atoms with Gasteiger partial charge in [0.25, 0.3) is 0 Å². The monoisotopic (exact) mass is 449 g/mol. The van der Waals surface area contributed by atoms with Crippen molar-refractivity contribution >= 4 is 5.97 Å². The second-order valence-electron chi connectivity index (χ2n) is 8.44. The molecular formula is C26H31N3O4. The van der Waals surface area contributed by atoms with Crippen LogP contribution in [0.2, 0.25) is 0 Å². The van der Waals surface area contributed by atoms with E-state index in [1.165, 1.54) is 19.4 Å². The number of nitrogens with zero attached hydrogens (tertiary/aromatic N) is 2. The molecule has 0 aliphatic carbocycles. The maximum atomic E-state index is 11.6. The van der Waals surface area contributed by atoms with Crippen LogP contribution in [-0.4, -0.2) is 46.7 Å². The first-order valence-corrected chi connectivity index (χ1v) is 11.5. The zero-order valence-electron chi connectivity index (χ0n) is 19.0. The Morgan fingerprint density at radius 2 is 1.97 bits per heavy atom. The van der Waals surface area contributed by atoms with Gasteiger partial charge in [-0.25, -0.2) is 9.78 Å². The zero-order chi connectivity index (χ0) is 23.0. The average molecular weight is 450 g/mol. The average Bonchev–Trinajstić information content (AvgIpc) is 3.44. The molecule has 1 unspecified atom stereocenters. The van der Waals surface area contributed by atoms with Crippen LogP contribution >= 0.6 is 0 Å². The van der Waals surface area contributed by atoms with Gasteiger partial charge < -0.3 is 24.5 Å². The molecule has 33 heavy (non-hydrogen) atoms. The molecule has 1 atom stereocenters. The predicted octanol–water partition coefficient (Wildman–Crippen LogP) is 4.58. The minimum absolute atomic E-state index is 0.137. The van der Waals surface area contributed by atoms with Crippen LogP contribution in [0.25, 0.3) is 11.5 Å². The molecule has 3 aromatic rings. The topological polar surface area (TPSA) is 87.8 Å². The summed E-state index contributed by atoms with van der Waals surface area (Å²) in [4.78, 5) is 18.6. The summed E-state index contributed by atoms with van der Waals surface area (Å²) in [6, 6.07) is 18.0. The summed E-state index contributed by atoms with van der Waals surface area (Å²) in [7, 11) is 0. The van der Waals surface area contributed by atoms with Crippen molar-refractivity contribution in [1.29, 1.82) is 0 Å². The van der Waals surface area contributed by atoms with Crippen LogP contribution in [0.4, 0.5) is 0 Å². The highest BCUT2D eigenvalue weighted by Crippen LogP contribution is 2.25. The van der Waals surface area contributed by atoms with Crippen LogP contribution in [-0.2, 0) is 13.1 Å². The van der Waals surface area contributed by atoms with Crippen molar-refractivity contribution in [3.63, 3.8) is 0 Å². The van der Waals surface area contributed by atoms with Gasteiger partial charge in [-0.1, -0.05) is 30.3 Å². The Balaban J connectivity index is 1.32. The number of aromatic carboxylic acids is 1. The van der Waals surface area contributed by atoms with E-state index in [2.05, 4.69) is 22.1 Å². The molecule has 4 rings (SSSR count). The number of benzene rings is 2. The SMILES string of the molecule is CC1CCCN1CCCOc1ccc(-c2nc(CNCc3ccccc3)c(C(=O)O)o2)cc1. The molecule has 7 nitrogen and oxygen atoms in total. The molecule has 1 aliphatic heterocycles. The molecule has 1 aliphatic rings. The minimum atomic E-state index is -1.13. The van der Waals surface area contributed by atoms with Crippen LogP contribution in [0.5, 0.6) is 5.75 Å². The van der Waals surface area contributed by atoms with Crippen molar-refractivity contribution in [1.82, 2.24) is 15.2 Å². The lowest BCUT2D eigenvalue weighted by Crippen LogP contribution is -2.28. The Kier molecular flexibility index (Phi) is 7.75. The lowest BCUT2D eigenvalue weighted by Gasteiger charge is -2.20. The third kappa shape index (κ3) is 6.21. The Morgan fingerprint density at radius 3 is 2.67 bits per heavy atom. The van der Waals surface area contributed by atoms with Gasteiger partial charge in [-0.15, -0.1) is 0 Å². The van der Waals surface area contributed by atoms with Crippen LogP contribution in [0, 0.1) is 0 Å². The number of rotatable bonds is 11. The van der Waals surface area contributed by atoms with Gasteiger partial charge in [-0.05, 0) is 62.6 Å². The van der Waals surface area contributed by atoms with Gasteiger partial charge in [0.2, 0.25) is 11.7 Å². The third-order valence-corrected chi connectivity index (χ3v) is 6.01. The Hall–Kier alpha value is -3.16. The van der Waals surface area contributed by atoms with Gasteiger partial charge in [0.1, 0.15) is 11.4 Å². The molecule has 7 heteroatoms. The molecule has 1 saturated heterocycles. The summed E-state index contributed by atoms with van der Waals surface area (Å²) in [6.07, 6.45) is 3.57. The van der Waals surface area contributed by atoms with E-state index < -0.39 is 5.97 Å². The van der Waals surface area contributed by atoms with E-state index in [-0.39, 0.29) is 5.76 Å². The maximum absolute atomic E-state index is 11.6. The van der Waals surface area contributed by atoms with Gasteiger partial charge >= 0.3 is 5.97 Å². The van der Waals surface area contributed by atoms with Crippen molar-refractivity contribution in [2.45, 2.75) is 45.3 Å². The molecule has 0 bridgehead atoms. The molecule has 0 saturated carbocycles. The normalized spacial score (nSPS) is 16.2. The molecule has 1 fully saturated rings. The van der Waals surface area contributed by atoms with Gasteiger partial charge in [-0.2, -0.15) is 0 Å².